The van der Waals surface area contributed by atoms with E-state index in [1.165, 1.54) is 57.8 Å². The Bertz CT molecular complexity index is 1400. The van der Waals surface area contributed by atoms with Crippen molar-refractivity contribution in [3.63, 3.8) is 0 Å². The number of nitrogens with one attached hydrogen (secondary N) is 1. The van der Waals surface area contributed by atoms with Gasteiger partial charge in [0.25, 0.3) is 0 Å². The molecule has 12 nitrogen and oxygen atoms in total. The summed E-state index contributed by atoms with van der Waals surface area (Å²) in [5.41, 5.74) is -0.267. The first kappa shape index (κ1) is 56.5. The monoisotopic (exact) mass is 894 g/mol. The average Bonchev–Trinajstić information content (AvgIpc) is 3.56. The van der Waals surface area contributed by atoms with Crippen LogP contribution in [-0.2, 0) is 24.4 Å². The molecule has 0 radical (unpaired) electrons. The van der Waals surface area contributed by atoms with Gasteiger partial charge in [0.15, 0.2) is 0 Å². The number of allylic oxidation sites excluding steroid dienone is 2. The van der Waals surface area contributed by atoms with E-state index in [9.17, 15) is 37.9 Å². The Morgan fingerprint density at radius 2 is 1.49 bits per heavy atom. The number of aliphatic hydroxyl groups is 5. The molecule has 0 aromatic carbocycles. The number of carbonyl (C=O) groups excluding carboxylic acids is 2. The van der Waals surface area contributed by atoms with Crippen LogP contribution in [-0.4, -0.2) is 100 Å². The summed E-state index contributed by atoms with van der Waals surface area (Å²) in [5, 5.41) is 53.4. The number of hydrogen-bond donors (Lipinski definition) is 6. The molecule has 0 aromatic rings. The summed E-state index contributed by atoms with van der Waals surface area (Å²) < 4.78 is 37.0. The zero-order chi connectivity index (χ0) is 44.3. The molecule has 0 aromatic heterocycles. The van der Waals surface area contributed by atoms with Gasteiger partial charge in [-0.3, -0.25) is 9.59 Å². The van der Waals surface area contributed by atoms with Gasteiger partial charge < -0.3 is 40.1 Å². The minimum absolute atomic E-state index is 0. The van der Waals surface area contributed by atoms with Crippen LogP contribution in [0, 0.1) is 46.3 Å². The largest absolute Gasteiger partial charge is 1.00 e. The van der Waals surface area contributed by atoms with Gasteiger partial charge in [-0.15, -0.1) is 0 Å². The smallest absolute Gasteiger partial charge is 0.748 e. The molecule has 14 heteroatoms. The summed E-state index contributed by atoms with van der Waals surface area (Å²) >= 11 is 0. The molecule has 4 saturated carbocycles. The van der Waals surface area contributed by atoms with Crippen LogP contribution in [0.15, 0.2) is 12.2 Å². The maximum Gasteiger partial charge on any atom is 1.00 e. The fourth-order valence-corrected chi connectivity index (χ4v) is 12.1. The number of amides is 1. The van der Waals surface area contributed by atoms with Crippen molar-refractivity contribution in [2.24, 2.45) is 46.3 Å². The van der Waals surface area contributed by atoms with Gasteiger partial charge in [-0.25, -0.2) is 8.42 Å². The van der Waals surface area contributed by atoms with E-state index in [0.29, 0.717) is 25.2 Å². The predicted molar refractivity (Wildman–Crippen MR) is 233 cm³/mol. The fourth-order valence-electron chi connectivity index (χ4n) is 11.7. The molecule has 4 aliphatic rings. The maximum atomic E-state index is 12.2. The third-order valence-electron chi connectivity index (χ3n) is 15.3. The molecule has 0 spiro atoms. The molecule has 12 atom stereocenters. The van der Waals surface area contributed by atoms with E-state index < -0.39 is 34.2 Å². The van der Waals surface area contributed by atoms with Gasteiger partial charge in [0.2, 0.25) is 5.91 Å². The molecule has 4 rings (SSSR count). The topological polar surface area (TPSA) is 214 Å². The van der Waals surface area contributed by atoms with Crippen molar-refractivity contribution < 1.29 is 82.4 Å². The van der Waals surface area contributed by atoms with Crippen LogP contribution in [0.5, 0.6) is 0 Å². The number of carbonyl (C=O) groups is 2. The Balaban J connectivity index is 0.000000440. The van der Waals surface area contributed by atoms with Crippen LogP contribution >= 0.6 is 0 Å². The van der Waals surface area contributed by atoms with Gasteiger partial charge in [-0.2, -0.15) is 0 Å². The first-order valence-corrected chi connectivity index (χ1v) is 25.4. The Kier molecular flexibility index (Phi) is 26.3. The molecule has 0 aliphatic heterocycles. The molecular weight excluding hydrogens is 810 g/mol. The van der Waals surface area contributed by atoms with E-state index in [-0.39, 0.29) is 114 Å². The summed E-state index contributed by atoms with van der Waals surface area (Å²) in [7, 11) is -4.35. The molecule has 4 aliphatic carbocycles. The van der Waals surface area contributed by atoms with Gasteiger partial charge in [0, 0.05) is 19.4 Å². The maximum absolute atomic E-state index is 12.2. The molecule has 61 heavy (non-hydrogen) atoms. The Morgan fingerprint density at radius 3 is 2.11 bits per heavy atom. The van der Waals surface area contributed by atoms with Gasteiger partial charge in [-0.05, 0) is 130 Å². The van der Waals surface area contributed by atoms with Crippen molar-refractivity contribution in [2.75, 3.05) is 25.5 Å². The molecular formula is C47H84NNaO11S. The molecule has 0 bridgehead atoms. The quantitative estimate of drug-likeness (QED) is 0.0254. The van der Waals surface area contributed by atoms with Gasteiger partial charge in [0.05, 0.1) is 40.8 Å². The van der Waals surface area contributed by atoms with E-state index in [4.69, 9.17) is 14.9 Å². The predicted octanol–water partition coefficient (Wildman–Crippen LogP) is 3.95. The van der Waals surface area contributed by atoms with Crippen molar-refractivity contribution >= 4 is 22.0 Å². The zero-order valence-corrected chi connectivity index (χ0v) is 41.4. The van der Waals surface area contributed by atoms with Crippen LogP contribution in [0.3, 0.4) is 0 Å². The van der Waals surface area contributed by atoms with Crippen LogP contribution in [0.4, 0.5) is 0 Å². The van der Waals surface area contributed by atoms with Crippen LogP contribution < -0.4 is 34.9 Å². The van der Waals surface area contributed by atoms with Crippen molar-refractivity contribution in [2.45, 2.75) is 200 Å². The Labute approximate surface area is 391 Å². The van der Waals surface area contributed by atoms with E-state index in [0.717, 1.165) is 64.2 Å². The van der Waals surface area contributed by atoms with E-state index in [2.05, 4.69) is 45.2 Å². The number of esters is 1. The fraction of sp³-hybridized carbons (Fsp3) is 0.915. The number of unbranched alkanes of at least 4 members (excludes halogenated alkanes) is 11. The number of ether oxygens (including phenoxy) is 1. The molecule has 1 unspecified atom stereocenters. The van der Waals surface area contributed by atoms with Crippen molar-refractivity contribution in [3.05, 3.63) is 12.2 Å². The van der Waals surface area contributed by atoms with Crippen molar-refractivity contribution in [3.8, 4) is 0 Å². The number of rotatable bonds is 25. The standard InChI is InChI=1S/C26H45NO7S.C21H40O4.Na/c1-15(4-7-23(31)27-10-11-35(32,33)34)18-5-6-19-24-20(14-22(30)26(18,19)3)25(2)9-8-17(28)12-16(25)13-21(24)29;1-2-3-4-5-6-7-8-9-10-11-12-13-14-15-16-17-21(24)25-19-20(23)18-22;/h15-22,24,28-30H,4-14H2,1-3H3,(H,27,31)(H,32,33,34);9-10,20,22-23H,2-8,11-19H2,1H3;/q;;+1/p-1/b;10-9-;/t15-,16+,17-,18-,19+,20+,21-,22+,24+,25+,26-;;/m1../s1. The molecule has 350 valence electrons. The summed E-state index contributed by atoms with van der Waals surface area (Å²) in [6.45, 7) is 8.25. The number of fused-ring (bicyclic) bond motifs is 5. The van der Waals surface area contributed by atoms with Gasteiger partial charge in [0.1, 0.15) is 12.7 Å². The summed E-state index contributed by atoms with van der Waals surface area (Å²) in [5.74, 6) is 0.235. The first-order chi connectivity index (χ1) is 28.5. The summed E-state index contributed by atoms with van der Waals surface area (Å²) in [6, 6.07) is 0. The normalized spacial score (nSPS) is 31.7. The second kappa shape index (κ2) is 28.4. The summed E-state index contributed by atoms with van der Waals surface area (Å²) in [4.78, 5) is 23.6. The second-order valence-corrected chi connectivity index (χ2v) is 21.0. The zero-order valence-electron chi connectivity index (χ0n) is 38.6. The average molecular weight is 894 g/mol. The molecule has 0 saturated heterocycles. The van der Waals surface area contributed by atoms with Crippen LogP contribution in [0.25, 0.3) is 0 Å². The number of aliphatic hydroxyl groups excluding tert-OH is 5. The van der Waals surface area contributed by atoms with Gasteiger partial charge >= 0.3 is 35.5 Å². The minimum Gasteiger partial charge on any atom is -0.748 e. The molecule has 0 heterocycles. The third kappa shape index (κ3) is 18.0. The molecule has 4 fully saturated rings. The second-order valence-electron chi connectivity index (χ2n) is 19.5. The van der Waals surface area contributed by atoms with Crippen LogP contribution in [0.2, 0.25) is 0 Å². The van der Waals surface area contributed by atoms with Gasteiger partial charge in [-0.1, -0.05) is 91.2 Å². The van der Waals surface area contributed by atoms with E-state index in [1.54, 1.807) is 0 Å². The van der Waals surface area contributed by atoms with E-state index in [1.807, 2.05) is 0 Å². The van der Waals surface area contributed by atoms with E-state index >= 15 is 0 Å². The Morgan fingerprint density at radius 1 is 0.869 bits per heavy atom. The first-order valence-electron chi connectivity index (χ1n) is 23.8. The summed E-state index contributed by atoms with van der Waals surface area (Å²) in [6.07, 6.45) is 25.7. The minimum atomic E-state index is -4.35. The Hall–Kier alpha value is -0.610. The van der Waals surface area contributed by atoms with Crippen molar-refractivity contribution in [1.82, 2.24) is 5.32 Å². The molecule has 1 amide bonds. The van der Waals surface area contributed by atoms with Crippen molar-refractivity contribution in [1.29, 1.82) is 0 Å². The number of hydrogen-bond acceptors (Lipinski definition) is 11. The van der Waals surface area contributed by atoms with Crippen LogP contribution in [0.1, 0.15) is 175 Å². The molecule has 6 N–H and O–H groups in total. The third-order valence-corrected chi connectivity index (χ3v) is 16.0. The SMILES string of the molecule is CCCCCCCC/C=C\CCCCCCCC(=O)OCC(O)CO.C[C@H](CCC(=O)NCCS(=O)(=O)[O-])[C@H]1CC[C@H]2[C@@H]3[C@H](O)C[C@@H]4C[C@H](O)CC[C@]4(C)[C@H]3C[C@H](O)[C@]12C.[Na+].